The summed E-state index contributed by atoms with van der Waals surface area (Å²) >= 11 is 1.41. The largest absolute Gasteiger partial charge is 0.255 e. The lowest BCUT2D eigenvalue weighted by Gasteiger charge is -2.06. The first kappa shape index (κ1) is 16.8. The van der Waals surface area contributed by atoms with Crippen molar-refractivity contribution in [3.05, 3.63) is 64.6 Å². The SMILES string of the molecule is CCc1ccc(S(=O)(=O)NCc2nc(-c3ccccn3)cs2)cc1. The summed E-state index contributed by atoms with van der Waals surface area (Å²) in [4.78, 5) is 8.94. The maximum atomic E-state index is 12.3. The molecule has 0 aliphatic carbocycles. The van der Waals surface area contributed by atoms with Crippen molar-refractivity contribution >= 4 is 21.4 Å². The Labute approximate surface area is 145 Å². The van der Waals surface area contributed by atoms with E-state index in [1.165, 1.54) is 11.3 Å². The van der Waals surface area contributed by atoms with E-state index in [1.807, 2.05) is 42.6 Å². The summed E-state index contributed by atoms with van der Waals surface area (Å²) in [6, 6.07) is 12.5. The molecule has 24 heavy (non-hydrogen) atoms. The molecule has 0 aliphatic heterocycles. The zero-order valence-corrected chi connectivity index (χ0v) is 14.8. The van der Waals surface area contributed by atoms with Crippen LogP contribution in [0, 0.1) is 0 Å². The van der Waals surface area contributed by atoms with Gasteiger partial charge in [0, 0.05) is 11.6 Å². The molecule has 1 N–H and O–H groups in total. The number of sulfonamides is 1. The number of nitrogens with one attached hydrogen (secondary N) is 1. The molecule has 5 nitrogen and oxygen atoms in total. The molecule has 0 radical (unpaired) electrons. The number of pyridine rings is 1. The molecule has 0 atom stereocenters. The Balaban J connectivity index is 1.69. The van der Waals surface area contributed by atoms with Crippen LogP contribution in [-0.2, 0) is 23.0 Å². The van der Waals surface area contributed by atoms with Crippen molar-refractivity contribution in [2.24, 2.45) is 0 Å². The molecule has 124 valence electrons. The van der Waals surface area contributed by atoms with E-state index in [-0.39, 0.29) is 11.4 Å². The molecule has 3 aromatic rings. The van der Waals surface area contributed by atoms with Gasteiger partial charge in [-0.3, -0.25) is 4.98 Å². The van der Waals surface area contributed by atoms with Gasteiger partial charge in [0.15, 0.2) is 0 Å². The predicted octanol–water partition coefficient (Wildman–Crippen LogP) is 3.25. The smallest absolute Gasteiger partial charge is 0.240 e. The van der Waals surface area contributed by atoms with Crippen molar-refractivity contribution in [1.29, 1.82) is 0 Å². The molecule has 0 bridgehead atoms. The highest BCUT2D eigenvalue weighted by molar-refractivity contribution is 7.89. The Morgan fingerprint density at radius 1 is 1.08 bits per heavy atom. The zero-order valence-electron chi connectivity index (χ0n) is 13.1. The van der Waals surface area contributed by atoms with Crippen molar-refractivity contribution in [3.63, 3.8) is 0 Å². The summed E-state index contributed by atoms with van der Waals surface area (Å²) in [5.74, 6) is 0. The van der Waals surface area contributed by atoms with E-state index in [9.17, 15) is 8.42 Å². The molecule has 0 unspecified atom stereocenters. The van der Waals surface area contributed by atoms with Gasteiger partial charge in [-0.2, -0.15) is 0 Å². The third-order valence-corrected chi connectivity index (χ3v) is 5.80. The van der Waals surface area contributed by atoms with Crippen LogP contribution in [0.15, 0.2) is 58.9 Å². The number of thiazole rings is 1. The molecule has 0 amide bonds. The van der Waals surface area contributed by atoms with Crippen molar-refractivity contribution in [3.8, 4) is 11.4 Å². The van der Waals surface area contributed by atoms with Gasteiger partial charge in [-0.05, 0) is 36.2 Å². The van der Waals surface area contributed by atoms with E-state index in [0.29, 0.717) is 5.01 Å². The summed E-state index contributed by atoms with van der Waals surface area (Å²) in [6.07, 6.45) is 2.58. The number of nitrogens with zero attached hydrogens (tertiary/aromatic N) is 2. The number of benzene rings is 1. The second-order valence-electron chi connectivity index (χ2n) is 5.16. The molecule has 0 saturated heterocycles. The highest BCUT2D eigenvalue weighted by atomic mass is 32.2. The standard InChI is InChI=1S/C17H17N3O2S2/c1-2-13-6-8-14(9-7-13)24(21,22)19-11-17-20-16(12-23-17)15-5-3-4-10-18-15/h3-10,12,19H,2,11H2,1H3. The van der Waals surface area contributed by atoms with Crippen LogP contribution in [-0.4, -0.2) is 18.4 Å². The monoisotopic (exact) mass is 359 g/mol. The summed E-state index contributed by atoms with van der Waals surface area (Å²) < 4.78 is 27.3. The van der Waals surface area contributed by atoms with Crippen molar-refractivity contribution in [1.82, 2.24) is 14.7 Å². The molecule has 0 spiro atoms. The Hall–Kier alpha value is -2.09. The molecule has 3 rings (SSSR count). The second-order valence-corrected chi connectivity index (χ2v) is 7.87. The van der Waals surface area contributed by atoms with Crippen molar-refractivity contribution in [2.75, 3.05) is 0 Å². The highest BCUT2D eigenvalue weighted by Gasteiger charge is 2.15. The van der Waals surface area contributed by atoms with Gasteiger partial charge >= 0.3 is 0 Å². The first-order valence-corrected chi connectivity index (χ1v) is 9.89. The van der Waals surface area contributed by atoms with E-state index in [1.54, 1.807) is 18.3 Å². The summed E-state index contributed by atoms with van der Waals surface area (Å²) in [5, 5.41) is 2.58. The van der Waals surface area contributed by atoms with Crippen LogP contribution in [0.25, 0.3) is 11.4 Å². The van der Waals surface area contributed by atoms with Crippen LogP contribution in [0.3, 0.4) is 0 Å². The molecular formula is C17H17N3O2S2. The lowest BCUT2D eigenvalue weighted by atomic mass is 10.2. The predicted molar refractivity (Wildman–Crippen MR) is 95.2 cm³/mol. The molecule has 7 heteroatoms. The molecule has 0 saturated carbocycles. The van der Waals surface area contributed by atoms with Crippen LogP contribution in [0.5, 0.6) is 0 Å². The lowest BCUT2D eigenvalue weighted by molar-refractivity contribution is 0.581. The average molecular weight is 359 g/mol. The van der Waals surface area contributed by atoms with Gasteiger partial charge in [-0.1, -0.05) is 25.1 Å². The maximum Gasteiger partial charge on any atom is 0.240 e. The summed E-state index contributed by atoms with van der Waals surface area (Å²) in [5.41, 5.74) is 2.63. The number of rotatable bonds is 6. The van der Waals surface area contributed by atoms with Gasteiger partial charge in [0.1, 0.15) is 5.01 Å². The zero-order chi connectivity index (χ0) is 17.0. The second kappa shape index (κ2) is 7.21. The summed E-state index contributed by atoms with van der Waals surface area (Å²) in [6.45, 7) is 2.19. The Morgan fingerprint density at radius 2 is 1.88 bits per heavy atom. The van der Waals surface area contributed by atoms with Gasteiger partial charge in [0.25, 0.3) is 0 Å². The van der Waals surface area contributed by atoms with Crippen LogP contribution < -0.4 is 4.72 Å². The van der Waals surface area contributed by atoms with Crippen LogP contribution in [0.4, 0.5) is 0 Å². The van der Waals surface area contributed by atoms with Crippen molar-refractivity contribution < 1.29 is 8.42 Å². The number of hydrogen-bond donors (Lipinski definition) is 1. The Kier molecular flexibility index (Phi) is 5.03. The van der Waals surface area contributed by atoms with Crippen LogP contribution in [0.1, 0.15) is 17.5 Å². The maximum absolute atomic E-state index is 12.3. The highest BCUT2D eigenvalue weighted by Crippen LogP contribution is 2.20. The van der Waals surface area contributed by atoms with E-state index < -0.39 is 10.0 Å². The number of aromatic nitrogens is 2. The van der Waals surface area contributed by atoms with Gasteiger partial charge in [-0.25, -0.2) is 18.1 Å². The molecule has 0 fully saturated rings. The lowest BCUT2D eigenvalue weighted by Crippen LogP contribution is -2.23. The van der Waals surface area contributed by atoms with Crippen molar-refractivity contribution in [2.45, 2.75) is 24.8 Å². The topological polar surface area (TPSA) is 72.0 Å². The molecule has 2 heterocycles. The first-order chi connectivity index (χ1) is 11.6. The Bertz CT molecular complexity index is 905. The van der Waals surface area contributed by atoms with E-state index in [0.717, 1.165) is 23.4 Å². The van der Waals surface area contributed by atoms with Gasteiger partial charge in [0.05, 0.1) is 22.8 Å². The fourth-order valence-corrected chi connectivity index (χ4v) is 3.98. The normalized spacial score (nSPS) is 11.5. The third-order valence-electron chi connectivity index (χ3n) is 3.53. The first-order valence-electron chi connectivity index (χ1n) is 7.53. The van der Waals surface area contributed by atoms with Gasteiger partial charge < -0.3 is 0 Å². The van der Waals surface area contributed by atoms with Crippen LogP contribution >= 0.6 is 11.3 Å². The fraction of sp³-hybridized carbons (Fsp3) is 0.176. The Morgan fingerprint density at radius 3 is 2.54 bits per heavy atom. The van der Waals surface area contributed by atoms with E-state index in [2.05, 4.69) is 14.7 Å². The third kappa shape index (κ3) is 3.87. The minimum Gasteiger partial charge on any atom is -0.255 e. The van der Waals surface area contributed by atoms with E-state index in [4.69, 9.17) is 0 Å². The number of aryl methyl sites for hydroxylation is 1. The molecule has 1 aromatic carbocycles. The van der Waals surface area contributed by atoms with Gasteiger partial charge in [0.2, 0.25) is 10.0 Å². The fourth-order valence-electron chi connectivity index (χ4n) is 2.17. The minimum atomic E-state index is -3.54. The average Bonchev–Trinajstić information content (AvgIpc) is 3.10. The minimum absolute atomic E-state index is 0.162. The number of hydrogen-bond acceptors (Lipinski definition) is 5. The molecular weight excluding hydrogens is 342 g/mol. The van der Waals surface area contributed by atoms with Gasteiger partial charge in [-0.15, -0.1) is 11.3 Å². The van der Waals surface area contributed by atoms with Crippen LogP contribution in [0.2, 0.25) is 0 Å². The quantitative estimate of drug-likeness (QED) is 0.733. The summed E-state index contributed by atoms with van der Waals surface area (Å²) in [7, 11) is -3.54. The molecule has 2 aromatic heterocycles. The van der Waals surface area contributed by atoms with E-state index >= 15 is 0 Å². The molecule has 0 aliphatic rings.